The summed E-state index contributed by atoms with van der Waals surface area (Å²) in [7, 11) is -2.16. The van der Waals surface area contributed by atoms with E-state index in [-0.39, 0.29) is 38.1 Å². The molecule has 0 bridgehead atoms. The van der Waals surface area contributed by atoms with Crippen molar-refractivity contribution in [3.8, 4) is 0 Å². The summed E-state index contributed by atoms with van der Waals surface area (Å²) in [4.78, 5) is 25.3. The number of hydrogen-bond donors (Lipinski definition) is 0. The van der Waals surface area contributed by atoms with Gasteiger partial charge in [0.1, 0.15) is 11.1 Å². The van der Waals surface area contributed by atoms with Crippen LogP contribution in [0, 0.1) is 6.92 Å². The lowest BCUT2D eigenvalue weighted by molar-refractivity contribution is -0.155. The van der Waals surface area contributed by atoms with Crippen LogP contribution in [0.15, 0.2) is 48.5 Å². The fourth-order valence-corrected chi connectivity index (χ4v) is 5.28. The smallest absolute Gasteiger partial charge is 0.337 e. The third-order valence-electron chi connectivity index (χ3n) is 6.81. The molecule has 0 aliphatic carbocycles. The fourth-order valence-electron chi connectivity index (χ4n) is 4.91. The highest BCUT2D eigenvalue weighted by Crippen LogP contribution is 2.35. The van der Waals surface area contributed by atoms with Crippen molar-refractivity contribution in [2.24, 2.45) is 0 Å². The molecule has 4 rings (SSSR count). The second-order valence-corrected chi connectivity index (χ2v) is 12.9. The number of nitrogens with zero attached hydrogens (tertiary/aromatic N) is 3. The molecule has 0 fully saturated rings. The summed E-state index contributed by atoms with van der Waals surface area (Å²) in [6.07, 6.45) is 1.09. The first kappa shape index (κ1) is 32.1. The number of fused-ring (bicyclic) bond motifs is 2. The molecule has 11 nitrogen and oxygen atoms in total. The second kappa shape index (κ2) is 13.2. The Balaban J connectivity index is 1.65. The summed E-state index contributed by atoms with van der Waals surface area (Å²) >= 11 is 0. The Bertz CT molecular complexity index is 1740. The Morgan fingerprint density at radius 1 is 0.977 bits per heavy atom. The van der Waals surface area contributed by atoms with Crippen molar-refractivity contribution in [3.63, 3.8) is 0 Å². The van der Waals surface area contributed by atoms with Crippen molar-refractivity contribution in [1.82, 2.24) is 15.0 Å². The highest BCUT2D eigenvalue weighted by Gasteiger charge is 2.26. The molecule has 0 saturated heterocycles. The zero-order chi connectivity index (χ0) is 31.4. The Hall–Kier alpha value is -3.87. The summed E-state index contributed by atoms with van der Waals surface area (Å²) in [5.41, 5.74) is 3.97. The normalized spacial score (nSPS) is 12.9. The molecule has 12 heteroatoms. The lowest BCUT2D eigenvalue weighted by Crippen LogP contribution is -2.25. The van der Waals surface area contributed by atoms with Gasteiger partial charge >= 0.3 is 11.9 Å². The molecule has 1 atom stereocenters. The average molecular weight is 612 g/mol. The van der Waals surface area contributed by atoms with E-state index in [1.165, 1.54) is 7.11 Å². The Kier molecular flexibility index (Phi) is 9.83. The lowest BCUT2D eigenvalue weighted by atomic mass is 9.84. The van der Waals surface area contributed by atoms with Crippen LogP contribution in [0.5, 0.6) is 0 Å². The molecule has 0 aliphatic heterocycles. The number of methoxy groups -OCH3 is 1. The van der Waals surface area contributed by atoms with Crippen molar-refractivity contribution in [2.75, 3.05) is 33.2 Å². The van der Waals surface area contributed by atoms with Crippen molar-refractivity contribution in [3.05, 3.63) is 70.8 Å². The van der Waals surface area contributed by atoms with Gasteiger partial charge in [0.15, 0.2) is 0 Å². The largest absolute Gasteiger partial charge is 0.465 e. The Labute approximate surface area is 251 Å². The van der Waals surface area contributed by atoms with Crippen molar-refractivity contribution < 1.29 is 36.4 Å². The van der Waals surface area contributed by atoms with Gasteiger partial charge in [-0.1, -0.05) is 35.5 Å². The maximum atomic E-state index is 13.1. The molecule has 0 amide bonds. The highest BCUT2D eigenvalue weighted by atomic mass is 32.2. The molecule has 1 unspecified atom stereocenters. The van der Waals surface area contributed by atoms with Crippen molar-refractivity contribution in [1.29, 1.82) is 0 Å². The highest BCUT2D eigenvalue weighted by molar-refractivity contribution is 7.85. The van der Waals surface area contributed by atoms with Gasteiger partial charge in [-0.05, 0) is 73.4 Å². The van der Waals surface area contributed by atoms with E-state index in [1.54, 1.807) is 16.8 Å². The summed E-state index contributed by atoms with van der Waals surface area (Å²) < 4.78 is 44.6. The topological polar surface area (TPSA) is 136 Å². The number of rotatable bonds is 12. The van der Waals surface area contributed by atoms with Crippen molar-refractivity contribution >= 4 is 43.9 Å². The van der Waals surface area contributed by atoms with Crippen LogP contribution in [0.1, 0.15) is 60.2 Å². The number of aryl methyl sites for hydroxylation is 1. The minimum absolute atomic E-state index is 0.0583. The van der Waals surface area contributed by atoms with Gasteiger partial charge in [0.2, 0.25) is 0 Å². The number of aromatic nitrogens is 3. The molecule has 0 N–H and O–H groups in total. The van der Waals surface area contributed by atoms with Crippen LogP contribution in [-0.2, 0) is 39.9 Å². The van der Waals surface area contributed by atoms with Crippen LogP contribution in [0.25, 0.3) is 21.8 Å². The number of esters is 2. The van der Waals surface area contributed by atoms with E-state index in [0.717, 1.165) is 39.2 Å². The summed E-state index contributed by atoms with van der Waals surface area (Å²) in [5, 5.41) is 10.5. The van der Waals surface area contributed by atoms with E-state index in [0.29, 0.717) is 17.6 Å². The van der Waals surface area contributed by atoms with Gasteiger partial charge in [0, 0.05) is 5.92 Å². The van der Waals surface area contributed by atoms with Crippen LogP contribution in [0.4, 0.5) is 0 Å². The molecule has 0 radical (unpaired) electrons. The summed E-state index contributed by atoms with van der Waals surface area (Å²) in [6.45, 7) is 8.22. The van der Waals surface area contributed by atoms with Gasteiger partial charge < -0.3 is 14.2 Å². The van der Waals surface area contributed by atoms with E-state index >= 15 is 0 Å². The monoisotopic (exact) mass is 611 g/mol. The number of benzene rings is 3. The standard InChI is InChI=1S/C31H37N3O8S/c1-20-25(11-12-27-29(20)32-33-34(27)13-14-40-15-16-41-43(6,37)38)26(19-28(35)42-31(2,3)4)22-9-7-21-8-10-23(30(36)39-5)18-24(21)17-22/h7-12,17-18,26H,13-16,19H2,1-6H3. The summed E-state index contributed by atoms with van der Waals surface area (Å²) in [6, 6.07) is 15.2. The molecule has 43 heavy (non-hydrogen) atoms. The summed E-state index contributed by atoms with van der Waals surface area (Å²) in [5.74, 6) is -1.11. The molecule has 1 heterocycles. The molecular formula is C31H37N3O8S. The zero-order valence-electron chi connectivity index (χ0n) is 25.2. The zero-order valence-corrected chi connectivity index (χ0v) is 26.1. The van der Waals surface area contributed by atoms with E-state index in [9.17, 15) is 18.0 Å². The fraction of sp³-hybridized carbons (Fsp3) is 0.419. The maximum absolute atomic E-state index is 13.1. The Morgan fingerprint density at radius 3 is 2.42 bits per heavy atom. The van der Waals surface area contributed by atoms with Crippen LogP contribution >= 0.6 is 0 Å². The molecule has 4 aromatic rings. The van der Waals surface area contributed by atoms with Crippen molar-refractivity contribution in [2.45, 2.75) is 52.2 Å². The predicted octanol–water partition coefficient (Wildman–Crippen LogP) is 4.54. The number of ether oxygens (including phenoxy) is 3. The quantitative estimate of drug-likeness (QED) is 0.128. The van der Waals surface area contributed by atoms with Gasteiger partial charge in [0.25, 0.3) is 10.1 Å². The Morgan fingerprint density at radius 2 is 1.72 bits per heavy atom. The molecule has 0 aliphatic rings. The average Bonchev–Trinajstić information content (AvgIpc) is 3.35. The third-order valence-corrected chi connectivity index (χ3v) is 7.40. The SMILES string of the molecule is COC(=O)c1ccc2ccc(C(CC(=O)OC(C)(C)C)c3ccc4c(nnn4CCOCCOS(C)(=O)=O)c3C)cc2c1. The molecule has 0 spiro atoms. The third kappa shape index (κ3) is 8.37. The first-order chi connectivity index (χ1) is 20.3. The molecule has 0 saturated carbocycles. The lowest BCUT2D eigenvalue weighted by Gasteiger charge is -2.24. The number of carbonyl (C=O) groups excluding carboxylic acids is 2. The maximum Gasteiger partial charge on any atom is 0.337 e. The van der Waals surface area contributed by atoms with E-state index < -0.39 is 21.7 Å². The van der Waals surface area contributed by atoms with Crippen LogP contribution < -0.4 is 0 Å². The predicted molar refractivity (Wildman–Crippen MR) is 161 cm³/mol. The molecule has 230 valence electrons. The molecule has 3 aromatic carbocycles. The van der Waals surface area contributed by atoms with E-state index in [1.807, 2.05) is 64.1 Å². The van der Waals surface area contributed by atoms with Crippen LogP contribution in [-0.4, -0.2) is 74.1 Å². The second-order valence-electron chi connectivity index (χ2n) is 11.3. The molecule has 1 aromatic heterocycles. The van der Waals surface area contributed by atoms with Crippen LogP contribution in [0.3, 0.4) is 0 Å². The van der Waals surface area contributed by atoms with Gasteiger partial charge in [-0.2, -0.15) is 8.42 Å². The van der Waals surface area contributed by atoms with E-state index in [2.05, 4.69) is 14.5 Å². The first-order valence-electron chi connectivity index (χ1n) is 13.8. The van der Waals surface area contributed by atoms with Gasteiger partial charge in [-0.25, -0.2) is 9.48 Å². The number of carbonyl (C=O) groups is 2. The minimum atomic E-state index is -3.51. The van der Waals surface area contributed by atoms with E-state index in [4.69, 9.17) is 14.2 Å². The van der Waals surface area contributed by atoms with Gasteiger partial charge in [-0.15, -0.1) is 5.10 Å². The first-order valence-corrected chi connectivity index (χ1v) is 15.7. The minimum Gasteiger partial charge on any atom is -0.465 e. The van der Waals surface area contributed by atoms with Gasteiger partial charge in [0.05, 0.1) is 57.2 Å². The number of hydrogen-bond acceptors (Lipinski definition) is 10. The van der Waals surface area contributed by atoms with Gasteiger partial charge in [-0.3, -0.25) is 8.98 Å². The molecular weight excluding hydrogens is 574 g/mol. The van der Waals surface area contributed by atoms with Crippen LogP contribution in [0.2, 0.25) is 0 Å².